The average Bonchev–Trinajstić information content (AvgIpc) is 1.59. The minimum atomic E-state index is -4.64. The molecule has 0 saturated carbocycles. The summed E-state index contributed by atoms with van der Waals surface area (Å²) in [6.07, 6.45) is 0. The van der Waals surface area contributed by atoms with Crippen molar-refractivity contribution in [1.29, 1.82) is 0 Å². The van der Waals surface area contributed by atoms with Crippen molar-refractivity contribution in [2.45, 2.75) is 0 Å². The third-order valence-electron chi connectivity index (χ3n) is 0.183. The molecular weight excluding hydrogens is 215 g/mol. The van der Waals surface area contributed by atoms with Gasteiger partial charge in [0.15, 0.2) is 0 Å². The summed E-state index contributed by atoms with van der Waals surface area (Å²) in [6, 6.07) is 0. The lowest BCUT2D eigenvalue weighted by Gasteiger charge is -1.82. The summed E-state index contributed by atoms with van der Waals surface area (Å²) in [5.74, 6) is -3.65. The fourth-order valence-electron chi connectivity index (χ4n) is 0. The van der Waals surface area contributed by atoms with Gasteiger partial charge in [-0.15, -0.1) is 0 Å². The lowest BCUT2D eigenvalue weighted by Crippen LogP contribution is -2.09. The van der Waals surface area contributed by atoms with Crippen LogP contribution in [0.4, 0.5) is 0 Å². The van der Waals surface area contributed by atoms with Gasteiger partial charge in [0.1, 0.15) is 0 Å². The first kappa shape index (κ1) is 22.7. The molecule has 11 heteroatoms. The van der Waals surface area contributed by atoms with Gasteiger partial charge in [0, 0.05) is 0 Å². The van der Waals surface area contributed by atoms with Crippen molar-refractivity contribution in [2.75, 3.05) is 0 Å². The molecule has 0 amide bonds. The summed E-state index contributed by atoms with van der Waals surface area (Å²) < 4.78 is 8.88. The van der Waals surface area contributed by atoms with Crippen molar-refractivity contribution in [3.05, 3.63) is 0 Å². The lowest BCUT2D eigenvalue weighted by molar-refractivity contribution is -0.159. The Morgan fingerprint density at radius 2 is 0.923 bits per heavy atom. The quantitative estimate of drug-likeness (QED) is 0.205. The van der Waals surface area contributed by atoms with E-state index >= 15 is 0 Å². The number of rotatable bonds is 0. The Balaban J connectivity index is -0.0000000546. The zero-order chi connectivity index (χ0) is 9.65. The molecule has 10 nitrogen and oxygen atoms in total. The van der Waals surface area contributed by atoms with E-state index in [0.717, 1.165) is 0 Å². The molecule has 0 fully saturated rings. The molecule has 0 unspecified atom stereocenters. The highest BCUT2D eigenvalue weighted by Gasteiger charge is 2.04. The Kier molecular flexibility index (Phi) is 15.8. The van der Waals surface area contributed by atoms with Gasteiger partial charge in [0.05, 0.1) is 0 Å². The molecule has 0 bridgehead atoms. The third-order valence-corrected chi connectivity index (χ3v) is 0.183. The summed E-state index contributed by atoms with van der Waals surface area (Å²) in [5, 5.41) is 14.8. The van der Waals surface area contributed by atoms with Gasteiger partial charge in [0.25, 0.3) is 0 Å². The van der Waals surface area contributed by atoms with Crippen LogP contribution >= 0.6 is 7.82 Å². The highest BCUT2D eigenvalue weighted by atomic mass is 31.2. The number of carboxylic acids is 2. The molecule has 0 spiro atoms. The third kappa shape index (κ3) is 100. The second-order valence-electron chi connectivity index (χ2n) is 1.12. The topological polar surface area (TPSA) is 215 Å². The summed E-state index contributed by atoms with van der Waals surface area (Å²) in [6.45, 7) is 0. The minimum Gasteiger partial charge on any atom is -0.473 e. The maximum atomic E-state index is 9.10. The van der Waals surface area contributed by atoms with Gasteiger partial charge < -0.3 is 35.8 Å². The van der Waals surface area contributed by atoms with E-state index in [-0.39, 0.29) is 11.0 Å². The van der Waals surface area contributed by atoms with Gasteiger partial charge in [-0.1, -0.05) is 0 Å². The number of phosphoric acid groups is 1. The number of hydrogen-bond acceptors (Lipinski definition) is 3. The summed E-state index contributed by atoms with van der Waals surface area (Å²) >= 11 is 0. The average molecular weight is 224 g/mol. The predicted octanol–water partition coefficient (Wildman–Crippen LogP) is -3.42. The molecular formula is C2H9O10P. The molecule has 13 heavy (non-hydrogen) atoms. The van der Waals surface area contributed by atoms with E-state index in [0.29, 0.717) is 0 Å². The first-order valence-electron chi connectivity index (χ1n) is 1.89. The fraction of sp³-hybridized carbons (Fsp3) is 0. The van der Waals surface area contributed by atoms with E-state index < -0.39 is 19.8 Å². The fourth-order valence-corrected chi connectivity index (χ4v) is 0. The van der Waals surface area contributed by atoms with Gasteiger partial charge in [-0.3, -0.25) is 0 Å². The summed E-state index contributed by atoms with van der Waals surface area (Å²) in [5.41, 5.74) is 0. The number of aliphatic carboxylic acids is 2. The Morgan fingerprint density at radius 1 is 0.846 bits per heavy atom. The standard InChI is InChI=1S/C2H2O4.H3O4P.2H2O/c3-1(4)2(5)6;1-5(2,3)4;;/h(H,3,4)(H,5,6);(H3,1,2,3,4);2*1H2. The van der Waals surface area contributed by atoms with E-state index in [1.807, 2.05) is 0 Å². The summed E-state index contributed by atoms with van der Waals surface area (Å²) in [4.78, 5) is 39.8. The molecule has 0 aromatic carbocycles. The SMILES string of the molecule is O.O.O=C(O)C(=O)O.O=P(O)(O)O. The highest BCUT2D eigenvalue weighted by molar-refractivity contribution is 7.45. The number of hydrogen-bond donors (Lipinski definition) is 5. The molecule has 0 aromatic rings. The highest BCUT2D eigenvalue weighted by Crippen LogP contribution is 2.25. The van der Waals surface area contributed by atoms with Crippen LogP contribution in [-0.4, -0.2) is 47.8 Å². The number of carbonyl (C=O) groups is 2. The van der Waals surface area contributed by atoms with Crippen LogP contribution in [0.3, 0.4) is 0 Å². The molecule has 82 valence electrons. The van der Waals surface area contributed by atoms with E-state index in [2.05, 4.69) is 0 Å². The van der Waals surface area contributed by atoms with Crippen LogP contribution in [0.25, 0.3) is 0 Å². The maximum absolute atomic E-state index is 9.10. The van der Waals surface area contributed by atoms with Gasteiger partial charge in [-0.05, 0) is 0 Å². The van der Waals surface area contributed by atoms with Crippen molar-refractivity contribution in [3.63, 3.8) is 0 Å². The van der Waals surface area contributed by atoms with Crippen molar-refractivity contribution < 1.29 is 50.0 Å². The van der Waals surface area contributed by atoms with Crippen LogP contribution in [0.2, 0.25) is 0 Å². The van der Waals surface area contributed by atoms with Gasteiger partial charge >= 0.3 is 19.8 Å². The van der Waals surface area contributed by atoms with Gasteiger partial charge in [-0.25, -0.2) is 14.2 Å². The molecule has 0 rings (SSSR count). The van der Waals surface area contributed by atoms with Crippen LogP contribution < -0.4 is 0 Å². The van der Waals surface area contributed by atoms with E-state index in [9.17, 15) is 0 Å². The Bertz CT molecular complexity index is 169. The predicted molar refractivity (Wildman–Crippen MR) is 36.8 cm³/mol. The molecule has 9 N–H and O–H groups in total. The minimum absolute atomic E-state index is 0. The second kappa shape index (κ2) is 9.06. The van der Waals surface area contributed by atoms with E-state index in [1.54, 1.807) is 0 Å². The number of carboxylic acid groups (broad SMARTS) is 2. The van der Waals surface area contributed by atoms with Crippen LogP contribution in [0.15, 0.2) is 0 Å². The molecule has 0 aliphatic carbocycles. The monoisotopic (exact) mass is 224 g/mol. The van der Waals surface area contributed by atoms with Crippen LogP contribution in [0.1, 0.15) is 0 Å². The molecule has 0 aliphatic rings. The first-order chi connectivity index (χ1) is 4.64. The van der Waals surface area contributed by atoms with Crippen molar-refractivity contribution in [2.24, 2.45) is 0 Å². The van der Waals surface area contributed by atoms with E-state index in [4.69, 9.17) is 39.0 Å². The second-order valence-corrected chi connectivity index (χ2v) is 2.15. The van der Waals surface area contributed by atoms with Gasteiger partial charge in [-0.2, -0.15) is 0 Å². The molecule has 0 aromatic heterocycles. The van der Waals surface area contributed by atoms with E-state index in [1.165, 1.54) is 0 Å². The normalized spacial score (nSPS) is 7.92. The Labute approximate surface area is 70.9 Å². The molecule has 0 heterocycles. The van der Waals surface area contributed by atoms with Gasteiger partial charge in [0.2, 0.25) is 0 Å². The molecule has 0 saturated heterocycles. The largest absolute Gasteiger partial charge is 0.473 e. The molecule has 0 aliphatic heterocycles. The first-order valence-corrected chi connectivity index (χ1v) is 3.45. The van der Waals surface area contributed by atoms with Crippen LogP contribution in [-0.2, 0) is 14.2 Å². The maximum Gasteiger partial charge on any atom is 0.466 e. The smallest absolute Gasteiger partial charge is 0.466 e. The van der Waals surface area contributed by atoms with Crippen LogP contribution in [0.5, 0.6) is 0 Å². The van der Waals surface area contributed by atoms with Crippen molar-refractivity contribution in [3.8, 4) is 0 Å². The molecule has 0 atom stereocenters. The molecule has 0 radical (unpaired) electrons. The summed E-state index contributed by atoms with van der Waals surface area (Å²) in [7, 11) is -4.64. The zero-order valence-electron chi connectivity index (χ0n) is 5.91. The van der Waals surface area contributed by atoms with Crippen molar-refractivity contribution >= 4 is 19.8 Å². The Morgan fingerprint density at radius 3 is 0.923 bits per heavy atom. The lowest BCUT2D eigenvalue weighted by atomic mass is 10.7. The van der Waals surface area contributed by atoms with Crippen molar-refractivity contribution in [1.82, 2.24) is 0 Å². The zero-order valence-corrected chi connectivity index (χ0v) is 6.80. The van der Waals surface area contributed by atoms with Crippen LogP contribution in [0, 0.1) is 0 Å². The Hall–Kier alpha value is -1.03.